The average Bonchev–Trinajstić information content (AvgIpc) is 2.89. The molecule has 2 rings (SSSR count). The van der Waals surface area contributed by atoms with Crippen LogP contribution in [0.4, 0.5) is 0 Å². The molecular weight excluding hydrogens is 226 g/mol. The van der Waals surface area contributed by atoms with Crippen molar-refractivity contribution in [2.75, 3.05) is 33.7 Å². The van der Waals surface area contributed by atoms with Gasteiger partial charge in [0.2, 0.25) is 5.91 Å². The summed E-state index contributed by atoms with van der Waals surface area (Å²) in [6.07, 6.45) is 6.62. The average molecular weight is 253 g/mol. The Hall–Kier alpha value is -0.610. The standard InChI is InChI=1S/C14H27N3O/c1-16(2)13-6-4-10-17(11-13)14(18)8-7-12-5-3-9-15-12/h12-13,15H,3-11H2,1-2H3. The minimum absolute atomic E-state index is 0.357. The molecule has 4 heteroatoms. The molecule has 0 saturated carbocycles. The Labute approximate surface area is 111 Å². The highest BCUT2D eigenvalue weighted by Crippen LogP contribution is 2.17. The monoisotopic (exact) mass is 253 g/mol. The zero-order valence-corrected chi connectivity index (χ0v) is 11.8. The summed E-state index contributed by atoms with van der Waals surface area (Å²) in [7, 11) is 4.22. The second-order valence-electron chi connectivity index (χ2n) is 5.93. The van der Waals surface area contributed by atoms with E-state index in [-0.39, 0.29) is 0 Å². The van der Waals surface area contributed by atoms with Gasteiger partial charge in [0.05, 0.1) is 0 Å². The molecule has 18 heavy (non-hydrogen) atoms. The van der Waals surface area contributed by atoms with Crippen molar-refractivity contribution in [3.63, 3.8) is 0 Å². The molecular formula is C14H27N3O. The van der Waals surface area contributed by atoms with Gasteiger partial charge in [-0.2, -0.15) is 0 Å². The van der Waals surface area contributed by atoms with Gasteiger partial charge in [0, 0.05) is 31.6 Å². The fourth-order valence-electron chi connectivity index (χ4n) is 3.06. The lowest BCUT2D eigenvalue weighted by Gasteiger charge is -2.36. The molecule has 2 fully saturated rings. The molecule has 2 aliphatic rings. The van der Waals surface area contributed by atoms with Crippen molar-refractivity contribution in [1.82, 2.24) is 15.1 Å². The molecule has 2 heterocycles. The third kappa shape index (κ3) is 3.69. The van der Waals surface area contributed by atoms with Gasteiger partial charge in [0.15, 0.2) is 0 Å². The van der Waals surface area contributed by atoms with Gasteiger partial charge in [-0.3, -0.25) is 4.79 Å². The zero-order chi connectivity index (χ0) is 13.0. The van der Waals surface area contributed by atoms with Crippen LogP contribution in [0.2, 0.25) is 0 Å². The molecule has 0 aromatic rings. The summed E-state index contributed by atoms with van der Waals surface area (Å²) in [5.41, 5.74) is 0. The quantitative estimate of drug-likeness (QED) is 0.814. The molecule has 2 unspecified atom stereocenters. The zero-order valence-electron chi connectivity index (χ0n) is 11.8. The van der Waals surface area contributed by atoms with Gasteiger partial charge in [-0.15, -0.1) is 0 Å². The number of hydrogen-bond donors (Lipinski definition) is 1. The number of hydrogen-bond acceptors (Lipinski definition) is 3. The van der Waals surface area contributed by atoms with Crippen LogP contribution in [0.1, 0.15) is 38.5 Å². The van der Waals surface area contributed by atoms with E-state index in [0.717, 1.165) is 38.9 Å². The molecule has 1 amide bonds. The summed E-state index contributed by atoms with van der Waals surface area (Å²) in [5, 5.41) is 3.46. The molecule has 0 spiro atoms. The third-order valence-electron chi connectivity index (χ3n) is 4.35. The van der Waals surface area contributed by atoms with Crippen molar-refractivity contribution in [3.8, 4) is 0 Å². The van der Waals surface area contributed by atoms with Crippen molar-refractivity contribution in [2.24, 2.45) is 0 Å². The molecule has 2 saturated heterocycles. The predicted octanol–water partition coefficient (Wildman–Crippen LogP) is 1.07. The molecule has 0 aliphatic carbocycles. The van der Waals surface area contributed by atoms with E-state index in [2.05, 4.69) is 29.2 Å². The maximum absolute atomic E-state index is 12.2. The Kier molecular flexibility index (Phi) is 5.01. The molecule has 2 aliphatic heterocycles. The Bertz CT molecular complexity index is 274. The van der Waals surface area contributed by atoms with Crippen LogP contribution in [0, 0.1) is 0 Å². The van der Waals surface area contributed by atoms with Crippen molar-refractivity contribution in [3.05, 3.63) is 0 Å². The number of carbonyl (C=O) groups is 1. The molecule has 1 N–H and O–H groups in total. The normalized spacial score (nSPS) is 28.9. The van der Waals surface area contributed by atoms with E-state index in [1.165, 1.54) is 19.3 Å². The van der Waals surface area contributed by atoms with E-state index < -0.39 is 0 Å². The summed E-state index contributed by atoms with van der Waals surface area (Å²) >= 11 is 0. The van der Waals surface area contributed by atoms with Gasteiger partial charge in [0.1, 0.15) is 0 Å². The molecule has 104 valence electrons. The van der Waals surface area contributed by atoms with Crippen LogP contribution in [-0.4, -0.2) is 61.5 Å². The van der Waals surface area contributed by atoms with E-state index in [1.807, 2.05) is 0 Å². The van der Waals surface area contributed by atoms with Crippen molar-refractivity contribution >= 4 is 5.91 Å². The Balaban J connectivity index is 1.73. The SMILES string of the molecule is CN(C)C1CCCN(C(=O)CCC2CCCN2)C1. The van der Waals surface area contributed by atoms with Crippen molar-refractivity contribution in [1.29, 1.82) is 0 Å². The van der Waals surface area contributed by atoms with Crippen LogP contribution >= 0.6 is 0 Å². The molecule has 0 aromatic carbocycles. The fourth-order valence-corrected chi connectivity index (χ4v) is 3.06. The van der Waals surface area contributed by atoms with Gasteiger partial charge in [-0.1, -0.05) is 0 Å². The van der Waals surface area contributed by atoms with Crippen LogP contribution in [0.5, 0.6) is 0 Å². The Morgan fingerprint density at radius 2 is 2.17 bits per heavy atom. The van der Waals surface area contributed by atoms with E-state index >= 15 is 0 Å². The first kappa shape index (κ1) is 13.8. The fraction of sp³-hybridized carbons (Fsp3) is 0.929. The highest BCUT2D eigenvalue weighted by Gasteiger charge is 2.25. The predicted molar refractivity (Wildman–Crippen MR) is 73.5 cm³/mol. The lowest BCUT2D eigenvalue weighted by molar-refractivity contribution is -0.133. The Morgan fingerprint density at radius 1 is 1.33 bits per heavy atom. The smallest absolute Gasteiger partial charge is 0.222 e. The number of carbonyl (C=O) groups excluding carboxylic acids is 1. The number of amides is 1. The minimum Gasteiger partial charge on any atom is -0.341 e. The second-order valence-corrected chi connectivity index (χ2v) is 5.93. The third-order valence-corrected chi connectivity index (χ3v) is 4.35. The first-order valence-corrected chi connectivity index (χ1v) is 7.34. The van der Waals surface area contributed by atoms with Gasteiger partial charge >= 0.3 is 0 Å². The number of likely N-dealkylation sites (N-methyl/N-ethyl adjacent to an activating group) is 1. The summed E-state index contributed by atoms with van der Waals surface area (Å²) < 4.78 is 0. The summed E-state index contributed by atoms with van der Waals surface area (Å²) in [5.74, 6) is 0.357. The number of nitrogens with one attached hydrogen (secondary N) is 1. The van der Waals surface area contributed by atoms with E-state index in [4.69, 9.17) is 0 Å². The number of likely N-dealkylation sites (tertiary alicyclic amines) is 1. The van der Waals surface area contributed by atoms with Crippen molar-refractivity contribution < 1.29 is 4.79 Å². The maximum Gasteiger partial charge on any atom is 0.222 e. The highest BCUT2D eigenvalue weighted by molar-refractivity contribution is 5.76. The molecule has 0 bridgehead atoms. The lowest BCUT2D eigenvalue weighted by Crippen LogP contribution is -2.47. The summed E-state index contributed by atoms with van der Waals surface area (Å²) in [4.78, 5) is 16.5. The number of nitrogens with zero attached hydrogens (tertiary/aromatic N) is 2. The minimum atomic E-state index is 0.357. The van der Waals surface area contributed by atoms with Gasteiger partial charge in [0.25, 0.3) is 0 Å². The van der Waals surface area contributed by atoms with Crippen LogP contribution in [-0.2, 0) is 4.79 Å². The molecule has 0 radical (unpaired) electrons. The van der Waals surface area contributed by atoms with Gasteiger partial charge in [-0.05, 0) is 52.7 Å². The molecule has 2 atom stereocenters. The van der Waals surface area contributed by atoms with E-state index in [9.17, 15) is 4.79 Å². The van der Waals surface area contributed by atoms with Crippen molar-refractivity contribution in [2.45, 2.75) is 50.6 Å². The second kappa shape index (κ2) is 6.53. The van der Waals surface area contributed by atoms with E-state index in [1.54, 1.807) is 0 Å². The number of rotatable bonds is 4. The summed E-state index contributed by atoms with van der Waals surface area (Å²) in [6, 6.07) is 1.13. The van der Waals surface area contributed by atoms with Crippen LogP contribution in [0.25, 0.3) is 0 Å². The summed E-state index contributed by atoms with van der Waals surface area (Å²) in [6.45, 7) is 3.01. The van der Waals surface area contributed by atoms with E-state index in [0.29, 0.717) is 18.0 Å². The van der Waals surface area contributed by atoms with Crippen LogP contribution in [0.3, 0.4) is 0 Å². The van der Waals surface area contributed by atoms with Crippen LogP contribution in [0.15, 0.2) is 0 Å². The first-order valence-electron chi connectivity index (χ1n) is 7.34. The van der Waals surface area contributed by atoms with Crippen LogP contribution < -0.4 is 5.32 Å². The molecule has 0 aromatic heterocycles. The lowest BCUT2D eigenvalue weighted by atomic mass is 10.0. The molecule has 4 nitrogen and oxygen atoms in total. The first-order chi connectivity index (χ1) is 8.66. The van der Waals surface area contributed by atoms with Gasteiger partial charge in [-0.25, -0.2) is 0 Å². The maximum atomic E-state index is 12.2. The number of piperidine rings is 1. The van der Waals surface area contributed by atoms with Gasteiger partial charge < -0.3 is 15.1 Å². The highest BCUT2D eigenvalue weighted by atomic mass is 16.2. The Morgan fingerprint density at radius 3 is 2.83 bits per heavy atom. The topological polar surface area (TPSA) is 35.6 Å². The largest absolute Gasteiger partial charge is 0.341 e.